The SMILES string of the molecule is C#CCSc1nc2c(c(=O)[nH]1)[C@H](c1ccc(Br)cc1)CC(=O)N2. The molecule has 116 valence electrons. The van der Waals surface area contributed by atoms with E-state index in [1.807, 2.05) is 24.3 Å². The first-order valence-corrected chi connectivity index (χ1v) is 8.62. The van der Waals surface area contributed by atoms with Crippen LogP contribution in [-0.2, 0) is 4.79 Å². The van der Waals surface area contributed by atoms with E-state index in [4.69, 9.17) is 6.42 Å². The summed E-state index contributed by atoms with van der Waals surface area (Å²) in [4.78, 5) is 31.5. The Hall–Kier alpha value is -2.04. The number of benzene rings is 1. The maximum Gasteiger partial charge on any atom is 0.257 e. The number of terminal acetylenes is 1. The Kier molecular flexibility index (Phi) is 4.55. The van der Waals surface area contributed by atoms with Crippen LogP contribution < -0.4 is 10.9 Å². The fourth-order valence-electron chi connectivity index (χ4n) is 2.51. The number of aromatic amines is 1. The lowest BCUT2D eigenvalue weighted by molar-refractivity contribution is -0.116. The molecule has 1 aromatic heterocycles. The largest absolute Gasteiger partial charge is 0.310 e. The Morgan fingerprint density at radius 1 is 1.35 bits per heavy atom. The summed E-state index contributed by atoms with van der Waals surface area (Å²) >= 11 is 4.63. The Bertz CT molecular complexity index is 855. The summed E-state index contributed by atoms with van der Waals surface area (Å²) in [5.74, 6) is 2.72. The Balaban J connectivity index is 2.07. The van der Waals surface area contributed by atoms with E-state index >= 15 is 0 Å². The zero-order chi connectivity index (χ0) is 16.4. The summed E-state index contributed by atoms with van der Waals surface area (Å²) in [5, 5.41) is 3.09. The van der Waals surface area contributed by atoms with E-state index in [0.717, 1.165) is 10.0 Å². The number of H-pyrrole nitrogens is 1. The van der Waals surface area contributed by atoms with E-state index in [-0.39, 0.29) is 23.8 Å². The van der Waals surface area contributed by atoms with E-state index < -0.39 is 0 Å². The molecule has 0 bridgehead atoms. The van der Waals surface area contributed by atoms with Crippen molar-refractivity contribution in [3.8, 4) is 12.3 Å². The van der Waals surface area contributed by atoms with Crippen molar-refractivity contribution in [3.05, 3.63) is 50.2 Å². The number of anilines is 1. The Morgan fingerprint density at radius 2 is 2.09 bits per heavy atom. The summed E-state index contributed by atoms with van der Waals surface area (Å²) in [6.45, 7) is 0. The quantitative estimate of drug-likeness (QED) is 0.480. The predicted molar refractivity (Wildman–Crippen MR) is 93.6 cm³/mol. The number of amides is 1. The highest BCUT2D eigenvalue weighted by Gasteiger charge is 2.30. The monoisotopic (exact) mass is 389 g/mol. The zero-order valence-electron chi connectivity index (χ0n) is 11.9. The van der Waals surface area contributed by atoms with Crippen LogP contribution in [0.3, 0.4) is 0 Å². The highest BCUT2D eigenvalue weighted by atomic mass is 79.9. The molecule has 0 saturated carbocycles. The topological polar surface area (TPSA) is 74.8 Å². The number of thioether (sulfide) groups is 1. The van der Waals surface area contributed by atoms with Gasteiger partial charge in [0.25, 0.3) is 5.56 Å². The fourth-order valence-corrected chi connectivity index (χ4v) is 3.31. The molecule has 0 saturated heterocycles. The van der Waals surface area contributed by atoms with Gasteiger partial charge in [-0.25, -0.2) is 4.98 Å². The molecule has 1 aromatic carbocycles. The number of carbonyl (C=O) groups is 1. The molecule has 0 aliphatic carbocycles. The Labute approximate surface area is 145 Å². The van der Waals surface area contributed by atoms with Crippen LogP contribution in [-0.4, -0.2) is 21.6 Å². The number of carbonyl (C=O) groups excluding carboxylic acids is 1. The number of rotatable bonds is 3. The first-order chi connectivity index (χ1) is 11.1. The lowest BCUT2D eigenvalue weighted by Gasteiger charge is -2.24. The number of nitrogens with zero attached hydrogens (tertiary/aromatic N) is 1. The normalized spacial score (nSPS) is 16.3. The van der Waals surface area contributed by atoms with Crippen molar-refractivity contribution in [1.82, 2.24) is 9.97 Å². The molecule has 1 aliphatic heterocycles. The van der Waals surface area contributed by atoms with Crippen LogP contribution in [0, 0.1) is 12.3 Å². The van der Waals surface area contributed by atoms with Crippen LogP contribution in [0.15, 0.2) is 38.7 Å². The molecule has 3 rings (SSSR count). The molecule has 7 heteroatoms. The van der Waals surface area contributed by atoms with Crippen molar-refractivity contribution in [3.63, 3.8) is 0 Å². The summed E-state index contributed by atoms with van der Waals surface area (Å²) < 4.78 is 0.940. The second-order valence-electron chi connectivity index (χ2n) is 4.98. The molecule has 5 nitrogen and oxygen atoms in total. The van der Waals surface area contributed by atoms with Gasteiger partial charge in [0.1, 0.15) is 5.82 Å². The highest BCUT2D eigenvalue weighted by Crippen LogP contribution is 2.34. The van der Waals surface area contributed by atoms with Gasteiger partial charge in [0.15, 0.2) is 5.16 Å². The van der Waals surface area contributed by atoms with E-state index in [9.17, 15) is 9.59 Å². The van der Waals surface area contributed by atoms with E-state index in [2.05, 4.69) is 37.1 Å². The van der Waals surface area contributed by atoms with Crippen molar-refractivity contribution >= 4 is 39.4 Å². The molecular formula is C16H12BrN3O2S. The van der Waals surface area contributed by atoms with Crippen LogP contribution in [0.25, 0.3) is 0 Å². The third-order valence-corrected chi connectivity index (χ3v) is 4.80. The van der Waals surface area contributed by atoms with Gasteiger partial charge in [-0.05, 0) is 17.7 Å². The van der Waals surface area contributed by atoms with Gasteiger partial charge in [-0.3, -0.25) is 9.59 Å². The minimum atomic E-state index is -0.310. The van der Waals surface area contributed by atoms with Crippen molar-refractivity contribution in [2.75, 3.05) is 11.1 Å². The molecule has 1 aliphatic rings. The summed E-state index contributed by atoms with van der Waals surface area (Å²) in [6.07, 6.45) is 5.44. The molecular weight excluding hydrogens is 378 g/mol. The Morgan fingerprint density at radius 3 is 2.78 bits per heavy atom. The van der Waals surface area contributed by atoms with Gasteiger partial charge in [-0.15, -0.1) is 6.42 Å². The molecule has 2 aromatic rings. The summed E-state index contributed by atoms with van der Waals surface area (Å²) in [5.41, 5.74) is 1.14. The third kappa shape index (κ3) is 3.33. The van der Waals surface area contributed by atoms with Crippen LogP contribution in [0.4, 0.5) is 5.82 Å². The maximum absolute atomic E-state index is 12.5. The average Bonchev–Trinajstić information content (AvgIpc) is 2.52. The molecule has 2 heterocycles. The minimum absolute atomic E-state index is 0.156. The van der Waals surface area contributed by atoms with Crippen molar-refractivity contribution in [2.24, 2.45) is 0 Å². The molecule has 23 heavy (non-hydrogen) atoms. The second-order valence-corrected chi connectivity index (χ2v) is 6.86. The van der Waals surface area contributed by atoms with Gasteiger partial charge < -0.3 is 10.3 Å². The van der Waals surface area contributed by atoms with Gasteiger partial charge in [0, 0.05) is 16.8 Å². The average molecular weight is 390 g/mol. The molecule has 1 atom stereocenters. The first-order valence-electron chi connectivity index (χ1n) is 6.84. The number of fused-ring (bicyclic) bond motifs is 1. The minimum Gasteiger partial charge on any atom is -0.310 e. The van der Waals surface area contributed by atoms with E-state index in [1.54, 1.807) is 0 Å². The van der Waals surface area contributed by atoms with Crippen molar-refractivity contribution in [1.29, 1.82) is 0 Å². The highest BCUT2D eigenvalue weighted by molar-refractivity contribution is 9.10. The van der Waals surface area contributed by atoms with Crippen LogP contribution in [0.5, 0.6) is 0 Å². The summed E-state index contributed by atoms with van der Waals surface area (Å²) in [7, 11) is 0. The molecule has 0 fully saturated rings. The van der Waals surface area contributed by atoms with Gasteiger partial charge in [-0.2, -0.15) is 0 Å². The number of aromatic nitrogens is 2. The van der Waals surface area contributed by atoms with Crippen LogP contribution in [0.1, 0.15) is 23.5 Å². The van der Waals surface area contributed by atoms with Gasteiger partial charge in [-0.1, -0.05) is 45.7 Å². The van der Waals surface area contributed by atoms with Crippen LogP contribution in [0.2, 0.25) is 0 Å². The van der Waals surface area contributed by atoms with Crippen molar-refractivity contribution < 1.29 is 4.79 Å². The van der Waals surface area contributed by atoms with E-state index in [0.29, 0.717) is 22.3 Å². The molecule has 1 amide bonds. The van der Waals surface area contributed by atoms with Gasteiger partial charge in [0.05, 0.1) is 11.3 Å². The number of hydrogen-bond donors (Lipinski definition) is 2. The third-order valence-electron chi connectivity index (χ3n) is 3.49. The molecule has 2 N–H and O–H groups in total. The number of halogens is 1. The lowest BCUT2D eigenvalue weighted by atomic mass is 9.87. The smallest absolute Gasteiger partial charge is 0.257 e. The molecule has 0 unspecified atom stereocenters. The standard InChI is InChI=1S/C16H12BrN3O2S/c1-2-7-23-16-19-14-13(15(22)20-16)11(8-12(21)18-14)9-3-5-10(17)6-4-9/h1,3-6,11H,7-8H2,(H2,18,19,20,21,22)/t11-/m0/s1. The van der Waals surface area contributed by atoms with Crippen LogP contribution >= 0.6 is 27.7 Å². The fraction of sp³-hybridized carbons (Fsp3) is 0.188. The molecule has 0 spiro atoms. The number of nitrogens with one attached hydrogen (secondary N) is 2. The lowest BCUT2D eigenvalue weighted by Crippen LogP contribution is -2.31. The number of hydrogen-bond acceptors (Lipinski definition) is 4. The second kappa shape index (κ2) is 6.60. The van der Waals surface area contributed by atoms with E-state index in [1.165, 1.54) is 11.8 Å². The maximum atomic E-state index is 12.5. The van der Waals surface area contributed by atoms with Crippen molar-refractivity contribution in [2.45, 2.75) is 17.5 Å². The summed E-state index contributed by atoms with van der Waals surface area (Å²) in [6, 6.07) is 7.58. The van der Waals surface area contributed by atoms with Gasteiger partial charge in [0.2, 0.25) is 5.91 Å². The van der Waals surface area contributed by atoms with Gasteiger partial charge >= 0.3 is 0 Å². The zero-order valence-corrected chi connectivity index (χ0v) is 14.3. The predicted octanol–water partition coefficient (Wildman–Crippen LogP) is 2.73. The first kappa shape index (κ1) is 15.8. The molecule has 0 radical (unpaired) electrons.